The molecule has 0 spiro atoms. The number of ether oxygens (including phenoxy) is 8. The van der Waals surface area contributed by atoms with Crippen molar-refractivity contribution >= 4 is 11.9 Å². The van der Waals surface area contributed by atoms with Gasteiger partial charge in [-0.05, 0) is 62.8 Å². The molecule has 0 bridgehead atoms. The lowest BCUT2D eigenvalue weighted by Gasteiger charge is -2.08. The first-order valence-electron chi connectivity index (χ1n) is 16.6. The Morgan fingerprint density at radius 3 is 0.864 bits per heavy atom. The van der Waals surface area contributed by atoms with Gasteiger partial charge in [-0.2, -0.15) is 0 Å². The Kier molecular flexibility index (Phi) is 28.1. The lowest BCUT2D eigenvalue weighted by atomic mass is 10.1. The van der Waals surface area contributed by atoms with Crippen molar-refractivity contribution in [3.63, 3.8) is 0 Å². The van der Waals surface area contributed by atoms with E-state index >= 15 is 0 Å². The van der Waals surface area contributed by atoms with Crippen LogP contribution in [0.2, 0.25) is 0 Å². The summed E-state index contributed by atoms with van der Waals surface area (Å²) in [5, 5.41) is 0. The second-order valence-corrected chi connectivity index (χ2v) is 10.4. The smallest absolute Gasteiger partial charge is 0.338 e. The molecule has 1 rings (SSSR count). The van der Waals surface area contributed by atoms with Crippen LogP contribution in [0, 0.1) is 0 Å². The monoisotopic (exact) mass is 626 g/mol. The molecule has 0 radical (unpaired) electrons. The maximum atomic E-state index is 12.3. The third kappa shape index (κ3) is 24.3. The number of rotatable bonds is 32. The van der Waals surface area contributed by atoms with Gasteiger partial charge in [0, 0.05) is 92.1 Å². The Labute approximate surface area is 265 Å². The maximum Gasteiger partial charge on any atom is 0.338 e. The molecule has 0 fully saturated rings. The first-order chi connectivity index (χ1) is 21.7. The normalized spacial score (nSPS) is 11.1. The highest BCUT2D eigenvalue weighted by Crippen LogP contribution is 2.08. The Morgan fingerprint density at radius 2 is 0.614 bits per heavy atom. The molecule has 0 atom stereocenters. The largest absolute Gasteiger partial charge is 0.462 e. The Hall–Kier alpha value is -2.08. The van der Waals surface area contributed by atoms with E-state index in [1.54, 1.807) is 24.3 Å². The van der Waals surface area contributed by atoms with E-state index in [0.29, 0.717) is 76.8 Å². The van der Waals surface area contributed by atoms with E-state index in [0.717, 1.165) is 77.8 Å². The van der Waals surface area contributed by atoms with E-state index in [4.69, 9.17) is 37.9 Å². The van der Waals surface area contributed by atoms with Crippen LogP contribution in [0.5, 0.6) is 0 Å². The zero-order valence-electron chi connectivity index (χ0n) is 27.4. The zero-order chi connectivity index (χ0) is 31.8. The minimum Gasteiger partial charge on any atom is -0.462 e. The molecule has 44 heavy (non-hydrogen) atoms. The zero-order valence-corrected chi connectivity index (χ0v) is 27.4. The van der Waals surface area contributed by atoms with Gasteiger partial charge in [-0.1, -0.05) is 26.7 Å². The topological polar surface area (TPSA) is 108 Å². The third-order valence-electron chi connectivity index (χ3n) is 6.28. The molecule has 0 aliphatic carbocycles. The fourth-order valence-electron chi connectivity index (χ4n) is 3.72. The molecule has 0 aliphatic rings. The summed E-state index contributed by atoms with van der Waals surface area (Å²) >= 11 is 0. The molecular formula is C34H58O10. The van der Waals surface area contributed by atoms with Crippen molar-refractivity contribution in [1.29, 1.82) is 0 Å². The molecular weight excluding hydrogens is 568 g/mol. The van der Waals surface area contributed by atoms with Crippen molar-refractivity contribution in [3.05, 3.63) is 35.4 Å². The van der Waals surface area contributed by atoms with Gasteiger partial charge in [0.2, 0.25) is 0 Å². The molecule has 0 aromatic heterocycles. The fourth-order valence-corrected chi connectivity index (χ4v) is 3.72. The van der Waals surface area contributed by atoms with Crippen LogP contribution >= 0.6 is 0 Å². The summed E-state index contributed by atoms with van der Waals surface area (Å²) in [6, 6.07) is 6.27. The van der Waals surface area contributed by atoms with Gasteiger partial charge in [-0.3, -0.25) is 0 Å². The standard InChI is InChI=1S/C34H58O10/c1-3-5-17-37-19-7-21-39-23-9-25-41-27-11-29-43-33(35)31-13-15-32(16-14-31)34(36)44-30-12-28-42-26-10-24-40-22-8-20-38-18-6-4-2/h13-16H,3-12,17-30H2,1-2H3. The molecule has 1 aromatic rings. The minimum atomic E-state index is -0.434. The number of benzene rings is 1. The molecule has 0 amide bonds. The first-order valence-corrected chi connectivity index (χ1v) is 16.6. The summed E-state index contributed by atoms with van der Waals surface area (Å²) in [7, 11) is 0. The average Bonchev–Trinajstić information content (AvgIpc) is 3.04. The van der Waals surface area contributed by atoms with Crippen molar-refractivity contribution in [1.82, 2.24) is 0 Å². The lowest BCUT2D eigenvalue weighted by Crippen LogP contribution is -2.11. The highest BCUT2D eigenvalue weighted by molar-refractivity contribution is 5.93. The summed E-state index contributed by atoms with van der Waals surface area (Å²) < 4.78 is 43.8. The van der Waals surface area contributed by atoms with Crippen molar-refractivity contribution in [2.45, 2.75) is 78.1 Å². The maximum absolute atomic E-state index is 12.3. The number of hydrogen-bond acceptors (Lipinski definition) is 10. The van der Waals surface area contributed by atoms with E-state index in [2.05, 4.69) is 13.8 Å². The SMILES string of the molecule is CCCCOCCCOCCCOCCCOC(=O)c1ccc(C(=O)OCCCOCCCOCCCOCCCC)cc1. The number of esters is 2. The molecule has 0 heterocycles. The summed E-state index contributed by atoms with van der Waals surface area (Å²) in [6.07, 6.45) is 9.21. The van der Waals surface area contributed by atoms with Crippen LogP contribution in [-0.4, -0.2) is 104 Å². The van der Waals surface area contributed by atoms with Crippen LogP contribution in [-0.2, 0) is 37.9 Å². The predicted octanol–water partition coefficient (Wildman–Crippen LogP) is 6.04. The molecule has 0 saturated heterocycles. The minimum absolute atomic E-state index is 0.265. The van der Waals surface area contributed by atoms with E-state index < -0.39 is 11.9 Å². The molecule has 10 heteroatoms. The van der Waals surface area contributed by atoms with Gasteiger partial charge in [-0.25, -0.2) is 9.59 Å². The van der Waals surface area contributed by atoms with E-state index in [1.807, 2.05) is 0 Å². The molecule has 0 N–H and O–H groups in total. The van der Waals surface area contributed by atoms with Gasteiger partial charge in [0.15, 0.2) is 0 Å². The van der Waals surface area contributed by atoms with Gasteiger partial charge in [0.25, 0.3) is 0 Å². The van der Waals surface area contributed by atoms with Crippen molar-refractivity contribution in [2.24, 2.45) is 0 Å². The summed E-state index contributed by atoms with van der Waals surface area (Å²) in [5.41, 5.74) is 0.765. The third-order valence-corrected chi connectivity index (χ3v) is 6.28. The molecule has 0 aliphatic heterocycles. The Balaban J connectivity index is 1.94. The van der Waals surface area contributed by atoms with Crippen LogP contribution in [0.4, 0.5) is 0 Å². The van der Waals surface area contributed by atoms with Gasteiger partial charge in [0.05, 0.1) is 24.3 Å². The number of hydrogen-bond donors (Lipinski definition) is 0. The summed E-state index contributed by atoms with van der Waals surface area (Å²) in [5.74, 6) is -0.869. The summed E-state index contributed by atoms with van der Waals surface area (Å²) in [6.45, 7) is 12.9. The van der Waals surface area contributed by atoms with Crippen LogP contribution in [0.1, 0.15) is 98.8 Å². The fraction of sp³-hybridized carbons (Fsp3) is 0.765. The van der Waals surface area contributed by atoms with Gasteiger partial charge < -0.3 is 37.9 Å². The first kappa shape index (κ1) is 39.9. The van der Waals surface area contributed by atoms with Crippen LogP contribution in [0.25, 0.3) is 0 Å². The number of carbonyl (C=O) groups is 2. The highest BCUT2D eigenvalue weighted by atomic mass is 16.5. The predicted molar refractivity (Wildman–Crippen MR) is 169 cm³/mol. The molecule has 0 saturated carbocycles. The van der Waals surface area contributed by atoms with Gasteiger partial charge >= 0.3 is 11.9 Å². The molecule has 0 unspecified atom stereocenters. The highest BCUT2D eigenvalue weighted by Gasteiger charge is 2.11. The second-order valence-electron chi connectivity index (χ2n) is 10.4. The number of carbonyl (C=O) groups excluding carboxylic acids is 2. The Bertz CT molecular complexity index is 722. The summed E-state index contributed by atoms with van der Waals surface area (Å²) in [4.78, 5) is 24.5. The van der Waals surface area contributed by atoms with Crippen molar-refractivity contribution in [2.75, 3.05) is 92.5 Å². The van der Waals surface area contributed by atoms with E-state index in [9.17, 15) is 9.59 Å². The van der Waals surface area contributed by atoms with Gasteiger partial charge in [-0.15, -0.1) is 0 Å². The van der Waals surface area contributed by atoms with E-state index in [-0.39, 0.29) is 13.2 Å². The van der Waals surface area contributed by atoms with Crippen molar-refractivity contribution in [3.8, 4) is 0 Å². The van der Waals surface area contributed by atoms with Gasteiger partial charge in [0.1, 0.15) is 0 Å². The Morgan fingerprint density at radius 1 is 0.386 bits per heavy atom. The van der Waals surface area contributed by atoms with Crippen LogP contribution in [0.15, 0.2) is 24.3 Å². The molecule has 1 aromatic carbocycles. The molecule has 10 nitrogen and oxygen atoms in total. The van der Waals surface area contributed by atoms with Crippen molar-refractivity contribution < 1.29 is 47.5 Å². The quantitative estimate of drug-likeness (QED) is 0.0694. The second kappa shape index (κ2) is 30.9. The van der Waals surface area contributed by atoms with E-state index in [1.165, 1.54) is 0 Å². The average molecular weight is 627 g/mol. The van der Waals surface area contributed by atoms with Crippen LogP contribution < -0.4 is 0 Å². The molecule has 254 valence electrons. The number of unbranched alkanes of at least 4 members (excludes halogenated alkanes) is 2. The van der Waals surface area contributed by atoms with Crippen LogP contribution in [0.3, 0.4) is 0 Å². The lowest BCUT2D eigenvalue weighted by molar-refractivity contribution is 0.0396.